The van der Waals surface area contributed by atoms with E-state index in [1.807, 2.05) is 12.1 Å². The number of benzene rings is 1. The van der Waals surface area contributed by atoms with E-state index in [1.54, 1.807) is 17.4 Å². The predicted octanol–water partition coefficient (Wildman–Crippen LogP) is 3.37. The van der Waals surface area contributed by atoms with E-state index in [-0.39, 0.29) is 5.82 Å². The van der Waals surface area contributed by atoms with Gasteiger partial charge in [-0.1, -0.05) is 6.07 Å². The van der Waals surface area contributed by atoms with E-state index in [0.29, 0.717) is 6.54 Å². The zero-order valence-electron chi connectivity index (χ0n) is 10.4. The number of halogens is 1. The van der Waals surface area contributed by atoms with Gasteiger partial charge in [0.2, 0.25) is 0 Å². The highest BCUT2D eigenvalue weighted by molar-refractivity contribution is 7.09. The molecule has 2 nitrogen and oxygen atoms in total. The molecule has 4 heteroatoms. The van der Waals surface area contributed by atoms with Crippen molar-refractivity contribution in [1.29, 1.82) is 0 Å². The summed E-state index contributed by atoms with van der Waals surface area (Å²) in [5.41, 5.74) is 7.31. The normalized spacial score (nSPS) is 10.6. The third kappa shape index (κ3) is 3.09. The molecule has 1 aromatic heterocycles. The van der Waals surface area contributed by atoms with Crippen LogP contribution >= 0.6 is 11.3 Å². The largest absolute Gasteiger partial charge is 0.367 e. The fourth-order valence-corrected chi connectivity index (χ4v) is 2.63. The maximum absolute atomic E-state index is 13.5. The van der Waals surface area contributed by atoms with Crippen molar-refractivity contribution in [2.24, 2.45) is 5.73 Å². The number of nitrogens with two attached hydrogens (primary N) is 1. The molecule has 2 aromatic rings. The zero-order valence-corrected chi connectivity index (χ0v) is 11.2. The Hall–Kier alpha value is -1.39. The van der Waals surface area contributed by atoms with Crippen molar-refractivity contribution in [3.05, 3.63) is 52.0 Å². The molecule has 0 unspecified atom stereocenters. The SMILES string of the molecule is CCN(Cc1cccs1)c1cc(F)cc(CN)c1. The highest BCUT2D eigenvalue weighted by Crippen LogP contribution is 2.22. The molecule has 0 aliphatic rings. The van der Waals surface area contributed by atoms with E-state index in [4.69, 9.17) is 5.73 Å². The Bertz CT molecular complexity index is 497. The standard InChI is InChI=1S/C14H17FN2S/c1-2-17(10-14-4-3-5-18-14)13-7-11(9-16)6-12(15)8-13/h3-8H,2,9-10,16H2,1H3. The van der Waals surface area contributed by atoms with Crippen molar-refractivity contribution in [2.45, 2.75) is 20.0 Å². The molecule has 2 N–H and O–H groups in total. The van der Waals surface area contributed by atoms with E-state index in [9.17, 15) is 4.39 Å². The lowest BCUT2D eigenvalue weighted by Gasteiger charge is -2.23. The van der Waals surface area contributed by atoms with E-state index in [2.05, 4.69) is 23.3 Å². The third-order valence-electron chi connectivity index (χ3n) is 2.85. The van der Waals surface area contributed by atoms with E-state index >= 15 is 0 Å². The summed E-state index contributed by atoms with van der Waals surface area (Å²) in [7, 11) is 0. The maximum atomic E-state index is 13.5. The first-order chi connectivity index (χ1) is 8.72. The topological polar surface area (TPSA) is 29.3 Å². The molecular formula is C14H17FN2S. The fourth-order valence-electron chi connectivity index (χ4n) is 1.91. The van der Waals surface area contributed by atoms with Crippen molar-refractivity contribution in [3.8, 4) is 0 Å². The van der Waals surface area contributed by atoms with Gasteiger partial charge in [-0.05, 0) is 42.1 Å². The second-order valence-corrected chi connectivity index (χ2v) is 5.15. The van der Waals surface area contributed by atoms with Crippen LogP contribution in [0.25, 0.3) is 0 Å². The highest BCUT2D eigenvalue weighted by atomic mass is 32.1. The second-order valence-electron chi connectivity index (χ2n) is 4.12. The lowest BCUT2D eigenvalue weighted by molar-refractivity contribution is 0.624. The molecule has 18 heavy (non-hydrogen) atoms. The van der Waals surface area contributed by atoms with Crippen molar-refractivity contribution in [3.63, 3.8) is 0 Å². The molecular weight excluding hydrogens is 247 g/mol. The Morgan fingerprint density at radius 1 is 1.33 bits per heavy atom. The van der Waals surface area contributed by atoms with Crippen LogP contribution in [0.3, 0.4) is 0 Å². The summed E-state index contributed by atoms with van der Waals surface area (Å²) in [6.07, 6.45) is 0. The molecule has 96 valence electrons. The van der Waals surface area contributed by atoms with Crippen LogP contribution in [0.2, 0.25) is 0 Å². The van der Waals surface area contributed by atoms with Gasteiger partial charge in [-0.15, -0.1) is 11.3 Å². The summed E-state index contributed by atoms with van der Waals surface area (Å²) < 4.78 is 13.5. The van der Waals surface area contributed by atoms with Crippen LogP contribution in [0, 0.1) is 5.82 Å². The molecule has 0 radical (unpaired) electrons. The molecule has 0 fully saturated rings. The Kier molecular flexibility index (Phi) is 4.33. The van der Waals surface area contributed by atoms with Crippen molar-refractivity contribution in [1.82, 2.24) is 0 Å². The van der Waals surface area contributed by atoms with Crippen LogP contribution in [0.4, 0.5) is 10.1 Å². The number of anilines is 1. The lowest BCUT2D eigenvalue weighted by atomic mass is 10.1. The molecule has 0 bridgehead atoms. The Balaban J connectivity index is 2.24. The van der Waals surface area contributed by atoms with E-state index in [1.165, 1.54) is 10.9 Å². The molecule has 0 saturated carbocycles. The van der Waals surface area contributed by atoms with Crippen LogP contribution in [0.1, 0.15) is 17.4 Å². The van der Waals surface area contributed by atoms with Gasteiger partial charge < -0.3 is 10.6 Å². The number of hydrogen-bond donors (Lipinski definition) is 1. The first-order valence-electron chi connectivity index (χ1n) is 5.99. The molecule has 0 amide bonds. The van der Waals surface area contributed by atoms with Gasteiger partial charge in [-0.2, -0.15) is 0 Å². The highest BCUT2D eigenvalue weighted by Gasteiger charge is 2.08. The maximum Gasteiger partial charge on any atom is 0.125 e. The smallest absolute Gasteiger partial charge is 0.125 e. The van der Waals surface area contributed by atoms with E-state index < -0.39 is 0 Å². The van der Waals surface area contributed by atoms with Crippen LogP contribution in [0.5, 0.6) is 0 Å². The molecule has 1 heterocycles. The summed E-state index contributed by atoms with van der Waals surface area (Å²) in [5, 5.41) is 2.06. The number of hydrogen-bond acceptors (Lipinski definition) is 3. The molecule has 2 rings (SSSR count). The van der Waals surface area contributed by atoms with Crippen LogP contribution in [-0.4, -0.2) is 6.54 Å². The summed E-state index contributed by atoms with van der Waals surface area (Å²) in [5.74, 6) is -0.224. The van der Waals surface area contributed by atoms with Crippen molar-refractivity contribution >= 4 is 17.0 Å². The van der Waals surface area contributed by atoms with Crippen LogP contribution < -0.4 is 10.6 Å². The third-order valence-corrected chi connectivity index (χ3v) is 3.71. The van der Waals surface area contributed by atoms with Gasteiger partial charge in [-0.3, -0.25) is 0 Å². The Morgan fingerprint density at radius 3 is 2.78 bits per heavy atom. The quantitative estimate of drug-likeness (QED) is 0.897. The van der Waals surface area contributed by atoms with Gasteiger partial charge in [0.1, 0.15) is 5.82 Å². The Labute approximate surface area is 111 Å². The summed E-state index contributed by atoms with van der Waals surface area (Å²) in [6.45, 7) is 4.08. The van der Waals surface area contributed by atoms with Crippen molar-refractivity contribution in [2.75, 3.05) is 11.4 Å². The second kappa shape index (κ2) is 5.98. The van der Waals surface area contributed by atoms with Gasteiger partial charge in [0, 0.05) is 23.7 Å². The number of thiophene rings is 1. The molecule has 0 aliphatic carbocycles. The monoisotopic (exact) mass is 264 g/mol. The summed E-state index contributed by atoms with van der Waals surface area (Å²) in [6, 6.07) is 9.14. The molecule has 0 aliphatic heterocycles. The number of nitrogens with zero attached hydrogens (tertiary/aromatic N) is 1. The first-order valence-corrected chi connectivity index (χ1v) is 6.87. The average molecular weight is 264 g/mol. The van der Waals surface area contributed by atoms with Crippen molar-refractivity contribution < 1.29 is 4.39 Å². The van der Waals surface area contributed by atoms with Crippen LogP contribution in [-0.2, 0) is 13.1 Å². The molecule has 0 spiro atoms. The van der Waals surface area contributed by atoms with Gasteiger partial charge in [0.05, 0.1) is 6.54 Å². The average Bonchev–Trinajstić information content (AvgIpc) is 2.88. The Morgan fingerprint density at radius 2 is 2.17 bits per heavy atom. The van der Waals surface area contributed by atoms with Gasteiger partial charge in [0.25, 0.3) is 0 Å². The predicted molar refractivity (Wildman–Crippen MR) is 75.3 cm³/mol. The minimum absolute atomic E-state index is 0.224. The minimum atomic E-state index is -0.224. The first kappa shape index (κ1) is 13.1. The fraction of sp³-hybridized carbons (Fsp3) is 0.286. The van der Waals surface area contributed by atoms with E-state index in [0.717, 1.165) is 24.3 Å². The van der Waals surface area contributed by atoms with Gasteiger partial charge in [-0.25, -0.2) is 4.39 Å². The molecule has 1 aromatic carbocycles. The van der Waals surface area contributed by atoms with Gasteiger partial charge in [0.15, 0.2) is 0 Å². The lowest BCUT2D eigenvalue weighted by Crippen LogP contribution is -2.21. The number of rotatable bonds is 5. The summed E-state index contributed by atoms with van der Waals surface area (Å²) in [4.78, 5) is 3.42. The zero-order chi connectivity index (χ0) is 13.0. The van der Waals surface area contributed by atoms with Crippen LogP contribution in [0.15, 0.2) is 35.7 Å². The summed E-state index contributed by atoms with van der Waals surface area (Å²) >= 11 is 1.72. The molecule has 0 saturated heterocycles. The van der Waals surface area contributed by atoms with Gasteiger partial charge >= 0.3 is 0 Å². The molecule has 0 atom stereocenters. The minimum Gasteiger partial charge on any atom is -0.367 e.